The number of nitrogens with zero attached hydrogens (tertiary/aromatic N) is 3. The smallest absolute Gasteiger partial charge is 0.323 e. The number of nitrogens with two attached hydrogens (primary N) is 1. The number of hydrogen-bond donors (Lipinski definition) is 1. The molecule has 0 aliphatic rings. The van der Waals surface area contributed by atoms with Gasteiger partial charge in [0.2, 0.25) is 0 Å². The molecule has 0 spiro atoms. The van der Waals surface area contributed by atoms with Crippen LogP contribution in [0.4, 0.5) is 5.69 Å². The van der Waals surface area contributed by atoms with E-state index in [2.05, 4.69) is 32.7 Å². The first kappa shape index (κ1) is 9.64. The van der Waals surface area contributed by atoms with Crippen molar-refractivity contribution in [2.24, 2.45) is 0 Å². The standard InChI is InChI=1S/C10H7IN4O/c11-6-4-13-15(5-6)10-14-9-7(12)2-1-3-8(9)16-10/h1-5H,12H2. The number of nitrogen functional groups attached to an aromatic ring is 1. The van der Waals surface area contributed by atoms with Crippen LogP contribution in [-0.2, 0) is 0 Å². The van der Waals surface area contributed by atoms with Crippen LogP contribution in [0.3, 0.4) is 0 Å². The molecule has 0 radical (unpaired) electrons. The van der Waals surface area contributed by atoms with Crippen molar-refractivity contribution in [1.82, 2.24) is 14.8 Å². The van der Waals surface area contributed by atoms with Crippen LogP contribution in [0.1, 0.15) is 0 Å². The Morgan fingerprint density at radius 2 is 2.25 bits per heavy atom. The number of halogens is 1. The van der Waals surface area contributed by atoms with Crippen LogP contribution in [-0.4, -0.2) is 14.8 Å². The molecule has 0 unspecified atom stereocenters. The maximum Gasteiger partial charge on any atom is 0.323 e. The Balaban J connectivity index is 2.22. The number of rotatable bonds is 1. The van der Waals surface area contributed by atoms with Crippen molar-refractivity contribution in [3.63, 3.8) is 0 Å². The largest absolute Gasteiger partial charge is 0.422 e. The van der Waals surface area contributed by atoms with Crippen LogP contribution in [0.2, 0.25) is 0 Å². The minimum atomic E-state index is 0.427. The minimum Gasteiger partial charge on any atom is -0.422 e. The van der Waals surface area contributed by atoms with Crippen molar-refractivity contribution in [3.8, 4) is 6.01 Å². The highest BCUT2D eigenvalue weighted by Gasteiger charge is 2.10. The fourth-order valence-electron chi connectivity index (χ4n) is 1.46. The van der Waals surface area contributed by atoms with Crippen LogP contribution in [0.15, 0.2) is 35.0 Å². The van der Waals surface area contributed by atoms with Crippen molar-refractivity contribution < 1.29 is 4.42 Å². The quantitative estimate of drug-likeness (QED) is 0.550. The molecule has 2 N–H and O–H groups in total. The third-order valence-electron chi connectivity index (χ3n) is 2.19. The number of hydrogen-bond acceptors (Lipinski definition) is 4. The molecule has 0 saturated heterocycles. The number of anilines is 1. The molecule has 6 heteroatoms. The highest BCUT2D eigenvalue weighted by atomic mass is 127. The van der Waals surface area contributed by atoms with Crippen LogP contribution in [0, 0.1) is 3.57 Å². The Labute approximate surface area is 104 Å². The van der Waals surface area contributed by atoms with Crippen LogP contribution in [0.5, 0.6) is 0 Å². The lowest BCUT2D eigenvalue weighted by molar-refractivity contribution is 0.543. The molecule has 5 nitrogen and oxygen atoms in total. The Bertz CT molecular complexity index is 658. The second-order valence-corrected chi connectivity index (χ2v) is 4.54. The molecule has 3 aromatic rings. The van der Waals surface area contributed by atoms with Gasteiger partial charge in [-0.05, 0) is 34.7 Å². The minimum absolute atomic E-state index is 0.427. The molecular weight excluding hydrogens is 319 g/mol. The highest BCUT2D eigenvalue weighted by Crippen LogP contribution is 2.22. The Hall–Kier alpha value is -1.57. The Morgan fingerprint density at radius 3 is 2.94 bits per heavy atom. The summed E-state index contributed by atoms with van der Waals surface area (Å²) in [4.78, 5) is 4.30. The topological polar surface area (TPSA) is 69.9 Å². The number of benzene rings is 1. The SMILES string of the molecule is Nc1cccc2oc(-n3cc(I)cn3)nc12. The maximum atomic E-state index is 5.80. The Kier molecular flexibility index (Phi) is 2.10. The third kappa shape index (κ3) is 1.45. The molecule has 0 amide bonds. The average molecular weight is 326 g/mol. The lowest BCUT2D eigenvalue weighted by Crippen LogP contribution is -1.93. The zero-order valence-corrected chi connectivity index (χ0v) is 10.2. The molecule has 0 fully saturated rings. The molecule has 0 atom stereocenters. The molecule has 0 aliphatic carbocycles. The molecule has 0 saturated carbocycles. The Morgan fingerprint density at radius 1 is 1.38 bits per heavy atom. The molecule has 0 aliphatic heterocycles. The summed E-state index contributed by atoms with van der Waals surface area (Å²) in [6.45, 7) is 0. The van der Waals surface area contributed by atoms with Gasteiger partial charge in [-0.15, -0.1) is 0 Å². The molecule has 1 aromatic carbocycles. The van der Waals surface area contributed by atoms with Gasteiger partial charge in [-0.3, -0.25) is 0 Å². The van der Waals surface area contributed by atoms with Crippen molar-refractivity contribution >= 4 is 39.4 Å². The van der Waals surface area contributed by atoms with Gasteiger partial charge >= 0.3 is 6.01 Å². The van der Waals surface area contributed by atoms with Gasteiger partial charge in [0.1, 0.15) is 5.52 Å². The van der Waals surface area contributed by atoms with Crippen LogP contribution >= 0.6 is 22.6 Å². The predicted octanol–water partition coefficient (Wildman–Crippen LogP) is 2.20. The first-order valence-electron chi connectivity index (χ1n) is 4.59. The summed E-state index contributed by atoms with van der Waals surface area (Å²) in [5.74, 6) is 0. The zero-order chi connectivity index (χ0) is 11.1. The van der Waals surface area contributed by atoms with E-state index in [1.807, 2.05) is 18.3 Å². The van der Waals surface area contributed by atoms with Crippen LogP contribution in [0.25, 0.3) is 17.1 Å². The van der Waals surface area contributed by atoms with Gasteiger partial charge in [0, 0.05) is 6.20 Å². The van der Waals surface area contributed by atoms with E-state index >= 15 is 0 Å². The van der Waals surface area contributed by atoms with E-state index < -0.39 is 0 Å². The summed E-state index contributed by atoms with van der Waals surface area (Å²) >= 11 is 2.18. The first-order chi connectivity index (χ1) is 7.74. The number of aromatic nitrogens is 3. The average Bonchev–Trinajstić information content (AvgIpc) is 2.84. The molecule has 80 valence electrons. The lowest BCUT2D eigenvalue weighted by Gasteiger charge is -1.89. The summed E-state index contributed by atoms with van der Waals surface area (Å²) in [7, 11) is 0. The summed E-state index contributed by atoms with van der Waals surface area (Å²) in [5, 5.41) is 4.12. The fraction of sp³-hybridized carbons (Fsp3) is 0. The van der Waals surface area contributed by atoms with Gasteiger partial charge in [0.15, 0.2) is 5.58 Å². The van der Waals surface area contributed by atoms with Crippen molar-refractivity contribution in [2.45, 2.75) is 0 Å². The third-order valence-corrected chi connectivity index (χ3v) is 2.74. The number of para-hydroxylation sites is 1. The normalized spacial score (nSPS) is 11.1. The van der Waals surface area contributed by atoms with Crippen molar-refractivity contribution in [1.29, 1.82) is 0 Å². The monoisotopic (exact) mass is 326 g/mol. The summed E-state index contributed by atoms with van der Waals surface area (Å²) in [6.07, 6.45) is 3.57. The molecule has 0 bridgehead atoms. The van der Waals surface area contributed by atoms with E-state index in [-0.39, 0.29) is 0 Å². The fourth-order valence-corrected chi connectivity index (χ4v) is 1.85. The number of fused-ring (bicyclic) bond motifs is 1. The van der Waals surface area contributed by atoms with Gasteiger partial charge in [-0.2, -0.15) is 14.8 Å². The molecule has 2 aromatic heterocycles. The van der Waals surface area contributed by atoms with E-state index in [4.69, 9.17) is 10.2 Å². The lowest BCUT2D eigenvalue weighted by atomic mass is 10.3. The van der Waals surface area contributed by atoms with Gasteiger partial charge < -0.3 is 10.2 Å². The van der Waals surface area contributed by atoms with Gasteiger partial charge in [0.05, 0.1) is 15.5 Å². The van der Waals surface area contributed by atoms with E-state index in [1.54, 1.807) is 16.9 Å². The zero-order valence-electron chi connectivity index (χ0n) is 8.09. The van der Waals surface area contributed by atoms with Gasteiger partial charge in [0.25, 0.3) is 0 Å². The predicted molar refractivity (Wildman–Crippen MR) is 68.3 cm³/mol. The van der Waals surface area contributed by atoms with E-state index in [0.717, 1.165) is 3.57 Å². The molecule has 16 heavy (non-hydrogen) atoms. The van der Waals surface area contributed by atoms with E-state index in [9.17, 15) is 0 Å². The van der Waals surface area contributed by atoms with E-state index in [1.165, 1.54) is 0 Å². The second-order valence-electron chi connectivity index (χ2n) is 3.29. The second kappa shape index (κ2) is 3.48. The summed E-state index contributed by atoms with van der Waals surface area (Å²) in [6, 6.07) is 5.88. The summed E-state index contributed by atoms with van der Waals surface area (Å²) in [5.41, 5.74) is 7.74. The first-order valence-corrected chi connectivity index (χ1v) is 5.67. The molecular formula is C10H7IN4O. The highest BCUT2D eigenvalue weighted by molar-refractivity contribution is 14.1. The van der Waals surface area contributed by atoms with Gasteiger partial charge in [-0.25, -0.2) is 0 Å². The molecule has 3 rings (SSSR count). The van der Waals surface area contributed by atoms with Gasteiger partial charge in [-0.1, -0.05) is 6.07 Å². The van der Waals surface area contributed by atoms with Crippen molar-refractivity contribution in [3.05, 3.63) is 34.2 Å². The van der Waals surface area contributed by atoms with Crippen LogP contribution < -0.4 is 5.73 Å². The summed E-state index contributed by atoms with van der Waals surface area (Å²) < 4.78 is 8.16. The number of oxazole rings is 1. The van der Waals surface area contributed by atoms with E-state index in [0.29, 0.717) is 22.8 Å². The van der Waals surface area contributed by atoms with Crippen molar-refractivity contribution in [2.75, 3.05) is 5.73 Å². The maximum absolute atomic E-state index is 5.80. The molecule has 2 heterocycles.